The Morgan fingerprint density at radius 3 is 2.59 bits per heavy atom. The van der Waals surface area contributed by atoms with E-state index in [4.69, 9.17) is 0 Å². The molecule has 1 radical (unpaired) electrons. The number of hydrogen-bond donors (Lipinski definition) is 1. The molecule has 2 heteroatoms. The molecule has 0 aliphatic carbocycles. The fraction of sp³-hybridized carbons (Fsp3) is 0.533. The number of benzene rings is 1. The number of nitrogens with one attached hydrogen (secondary N) is 1. The summed E-state index contributed by atoms with van der Waals surface area (Å²) in [5.41, 5.74) is 1.38. The fourth-order valence-corrected chi connectivity index (χ4v) is 2.28. The molecule has 17 heavy (non-hydrogen) atoms. The third kappa shape index (κ3) is 4.88. The molecule has 1 aliphatic heterocycles. The van der Waals surface area contributed by atoms with Gasteiger partial charge in [0.05, 0.1) is 0 Å². The molecule has 0 unspecified atom stereocenters. The highest BCUT2D eigenvalue weighted by Gasteiger charge is 2.08. The van der Waals surface area contributed by atoms with Crippen LogP contribution in [0.4, 0.5) is 0 Å². The van der Waals surface area contributed by atoms with Gasteiger partial charge in [0.15, 0.2) is 0 Å². The lowest BCUT2D eigenvalue weighted by molar-refractivity contribution is 0.250. The molecule has 0 spiro atoms. The van der Waals surface area contributed by atoms with Crippen molar-refractivity contribution in [3.63, 3.8) is 0 Å². The maximum Gasteiger partial charge on any atom is 0.0205 e. The fourth-order valence-electron chi connectivity index (χ4n) is 2.28. The van der Waals surface area contributed by atoms with Crippen LogP contribution in [0.15, 0.2) is 30.3 Å². The molecule has 1 saturated heterocycles. The molecule has 1 aliphatic rings. The first kappa shape index (κ1) is 12.6. The van der Waals surface area contributed by atoms with Crippen LogP contribution in [0, 0.1) is 6.42 Å². The van der Waals surface area contributed by atoms with Crippen molar-refractivity contribution in [3.8, 4) is 0 Å². The standard InChI is InChI=1S/C15H23N2/c1-3-8-15(9-4-1)14-16-10-7-13-17-11-5-2-6-12-17/h1-4,8-9,16H,5-7,10-14H2. The Bertz CT molecular complexity index is 291. The van der Waals surface area contributed by atoms with Crippen LogP contribution in [0.1, 0.15) is 24.8 Å². The van der Waals surface area contributed by atoms with Crippen LogP contribution < -0.4 is 5.32 Å². The maximum atomic E-state index is 3.51. The minimum absolute atomic E-state index is 0.995. The normalized spacial score (nSPS) is 17.2. The Balaban J connectivity index is 1.51. The smallest absolute Gasteiger partial charge is 0.0205 e. The van der Waals surface area contributed by atoms with Gasteiger partial charge in [-0.25, -0.2) is 0 Å². The van der Waals surface area contributed by atoms with E-state index in [2.05, 4.69) is 47.0 Å². The lowest BCUT2D eigenvalue weighted by Gasteiger charge is -2.26. The van der Waals surface area contributed by atoms with Crippen LogP contribution in [-0.2, 0) is 6.54 Å². The van der Waals surface area contributed by atoms with E-state index in [0.29, 0.717) is 0 Å². The van der Waals surface area contributed by atoms with Gasteiger partial charge in [0.2, 0.25) is 0 Å². The van der Waals surface area contributed by atoms with Crippen LogP contribution in [0.5, 0.6) is 0 Å². The predicted octanol–water partition coefficient (Wildman–Crippen LogP) is 2.47. The van der Waals surface area contributed by atoms with Gasteiger partial charge in [-0.05, 0) is 57.4 Å². The third-order valence-corrected chi connectivity index (χ3v) is 3.30. The van der Waals surface area contributed by atoms with Crippen LogP contribution in [-0.4, -0.2) is 31.1 Å². The quantitative estimate of drug-likeness (QED) is 0.757. The van der Waals surface area contributed by atoms with Crippen molar-refractivity contribution in [2.45, 2.75) is 25.8 Å². The summed E-state index contributed by atoms with van der Waals surface area (Å²) in [6.07, 6.45) is 6.21. The minimum atomic E-state index is 0.995. The van der Waals surface area contributed by atoms with Crippen LogP contribution in [0.25, 0.3) is 0 Å². The Kier molecular flexibility index (Phi) is 5.53. The second-order valence-electron chi connectivity index (χ2n) is 4.72. The summed E-state index contributed by atoms with van der Waals surface area (Å²) in [6.45, 7) is 5.89. The van der Waals surface area contributed by atoms with Gasteiger partial charge in [-0.15, -0.1) is 0 Å². The molecule has 93 valence electrons. The summed E-state index contributed by atoms with van der Waals surface area (Å²) < 4.78 is 0. The van der Waals surface area contributed by atoms with Gasteiger partial charge in [0.1, 0.15) is 0 Å². The van der Waals surface area contributed by atoms with Gasteiger partial charge in [0.25, 0.3) is 0 Å². The molecule has 1 aromatic rings. The van der Waals surface area contributed by atoms with Gasteiger partial charge in [-0.2, -0.15) is 0 Å². The van der Waals surface area contributed by atoms with Crippen LogP contribution in [0.3, 0.4) is 0 Å². The van der Waals surface area contributed by atoms with Gasteiger partial charge in [-0.1, -0.05) is 30.3 Å². The Morgan fingerprint density at radius 2 is 1.82 bits per heavy atom. The average Bonchev–Trinajstić information content (AvgIpc) is 2.41. The first-order chi connectivity index (χ1) is 8.45. The van der Waals surface area contributed by atoms with Gasteiger partial charge in [-0.3, -0.25) is 0 Å². The molecule has 2 rings (SSSR count). The minimum Gasteiger partial charge on any atom is -0.313 e. The highest BCUT2D eigenvalue weighted by Crippen LogP contribution is 2.07. The summed E-state index contributed by atoms with van der Waals surface area (Å²) in [7, 11) is 0. The summed E-state index contributed by atoms with van der Waals surface area (Å²) in [6, 6.07) is 10.6. The second-order valence-corrected chi connectivity index (χ2v) is 4.72. The molecule has 0 atom stereocenters. The molecule has 0 amide bonds. The van der Waals surface area contributed by atoms with Gasteiger partial charge in [0, 0.05) is 6.54 Å². The maximum absolute atomic E-state index is 3.51. The van der Waals surface area contributed by atoms with Crippen LogP contribution >= 0.6 is 0 Å². The zero-order chi connectivity index (χ0) is 11.8. The van der Waals surface area contributed by atoms with E-state index in [1.54, 1.807) is 0 Å². The zero-order valence-electron chi connectivity index (χ0n) is 10.6. The molecule has 0 aromatic heterocycles. The number of likely N-dealkylation sites (tertiary alicyclic amines) is 1. The molecule has 2 nitrogen and oxygen atoms in total. The monoisotopic (exact) mass is 231 g/mol. The van der Waals surface area contributed by atoms with Crippen molar-refractivity contribution < 1.29 is 0 Å². The lowest BCUT2D eigenvalue weighted by Crippen LogP contribution is -2.32. The molecule has 1 aromatic carbocycles. The van der Waals surface area contributed by atoms with Crippen molar-refractivity contribution in [3.05, 3.63) is 42.3 Å². The highest BCUT2D eigenvalue weighted by molar-refractivity contribution is 5.14. The van der Waals surface area contributed by atoms with Gasteiger partial charge < -0.3 is 10.2 Å². The van der Waals surface area contributed by atoms with Gasteiger partial charge >= 0.3 is 0 Å². The van der Waals surface area contributed by atoms with Crippen molar-refractivity contribution in [2.24, 2.45) is 0 Å². The largest absolute Gasteiger partial charge is 0.313 e. The Hall–Kier alpha value is -0.860. The second kappa shape index (κ2) is 7.46. The van der Waals surface area contributed by atoms with E-state index in [9.17, 15) is 0 Å². The SMILES string of the molecule is [CH]1CCN(CCCNCc2ccccc2)CC1. The molecule has 1 N–H and O–H groups in total. The Morgan fingerprint density at radius 1 is 1.06 bits per heavy atom. The predicted molar refractivity (Wildman–Crippen MR) is 72.7 cm³/mol. The average molecular weight is 231 g/mol. The van der Waals surface area contributed by atoms with E-state index in [1.807, 2.05) is 0 Å². The zero-order valence-corrected chi connectivity index (χ0v) is 10.6. The summed E-state index contributed by atoms with van der Waals surface area (Å²) >= 11 is 0. The van der Waals surface area contributed by atoms with Crippen molar-refractivity contribution in [1.82, 2.24) is 10.2 Å². The van der Waals surface area contributed by atoms with E-state index in [1.165, 1.54) is 44.5 Å². The molecule has 1 heterocycles. The lowest BCUT2D eigenvalue weighted by atomic mass is 10.1. The van der Waals surface area contributed by atoms with E-state index < -0.39 is 0 Å². The number of rotatable bonds is 6. The number of hydrogen-bond acceptors (Lipinski definition) is 2. The number of nitrogens with zero attached hydrogens (tertiary/aromatic N) is 1. The number of piperidine rings is 1. The molecule has 0 bridgehead atoms. The van der Waals surface area contributed by atoms with E-state index in [0.717, 1.165) is 13.1 Å². The molecule has 0 saturated carbocycles. The first-order valence-electron chi connectivity index (χ1n) is 6.74. The first-order valence-corrected chi connectivity index (χ1v) is 6.74. The molecular weight excluding hydrogens is 208 g/mol. The Labute approximate surface area is 105 Å². The van der Waals surface area contributed by atoms with E-state index in [-0.39, 0.29) is 0 Å². The summed E-state index contributed by atoms with van der Waals surface area (Å²) in [5.74, 6) is 0. The van der Waals surface area contributed by atoms with Crippen molar-refractivity contribution in [1.29, 1.82) is 0 Å². The molecular formula is C15H23N2. The topological polar surface area (TPSA) is 15.3 Å². The molecule has 1 fully saturated rings. The third-order valence-electron chi connectivity index (χ3n) is 3.30. The van der Waals surface area contributed by atoms with E-state index >= 15 is 0 Å². The summed E-state index contributed by atoms with van der Waals surface area (Å²) in [5, 5.41) is 3.51. The van der Waals surface area contributed by atoms with Crippen molar-refractivity contribution in [2.75, 3.05) is 26.2 Å². The van der Waals surface area contributed by atoms with Crippen molar-refractivity contribution >= 4 is 0 Å². The highest BCUT2D eigenvalue weighted by atomic mass is 15.1. The van der Waals surface area contributed by atoms with Crippen LogP contribution in [0.2, 0.25) is 0 Å². The summed E-state index contributed by atoms with van der Waals surface area (Å²) in [4.78, 5) is 2.57.